The van der Waals surface area contributed by atoms with Gasteiger partial charge in [-0.15, -0.1) is 10.2 Å². The van der Waals surface area contributed by atoms with Crippen molar-refractivity contribution < 1.29 is 13.2 Å². The summed E-state index contributed by atoms with van der Waals surface area (Å²) < 4.78 is 46.1. The molecule has 2 aromatic heterocycles. The summed E-state index contributed by atoms with van der Waals surface area (Å²) >= 11 is 0. The lowest BCUT2D eigenvalue weighted by atomic mass is 9.91. The van der Waals surface area contributed by atoms with Crippen molar-refractivity contribution >= 4 is 16.6 Å². The first kappa shape index (κ1) is 18.7. The van der Waals surface area contributed by atoms with E-state index in [9.17, 15) is 8.78 Å². The van der Waals surface area contributed by atoms with Crippen molar-refractivity contribution in [1.82, 2.24) is 25.0 Å². The fourth-order valence-electron chi connectivity index (χ4n) is 4.29. The van der Waals surface area contributed by atoms with E-state index in [0.717, 1.165) is 5.39 Å². The van der Waals surface area contributed by atoms with Gasteiger partial charge in [0.25, 0.3) is 6.43 Å². The van der Waals surface area contributed by atoms with Crippen LogP contribution in [0.2, 0.25) is 0 Å². The summed E-state index contributed by atoms with van der Waals surface area (Å²) in [4.78, 5) is 0. The first-order valence-corrected chi connectivity index (χ1v) is 9.50. The Kier molecular flexibility index (Phi) is 3.77. The molecule has 4 aromatic rings. The Hall–Kier alpha value is -3.36. The van der Waals surface area contributed by atoms with Crippen molar-refractivity contribution in [2.75, 3.05) is 5.32 Å². The van der Waals surface area contributed by atoms with E-state index >= 15 is 4.39 Å². The molecule has 9 heteroatoms. The molecule has 2 N–H and O–H groups in total. The quantitative estimate of drug-likeness (QED) is 0.477. The summed E-state index contributed by atoms with van der Waals surface area (Å²) in [6, 6.07) is 6.42. The molecule has 0 aliphatic carbocycles. The van der Waals surface area contributed by atoms with Crippen LogP contribution in [0, 0.1) is 19.7 Å². The third-order valence-corrected chi connectivity index (χ3v) is 5.62. The predicted molar refractivity (Wildman–Crippen MR) is 107 cm³/mol. The van der Waals surface area contributed by atoms with Crippen molar-refractivity contribution in [2.45, 2.75) is 39.7 Å². The van der Waals surface area contributed by atoms with Crippen LogP contribution in [0.15, 0.2) is 24.3 Å². The number of aromatic nitrogens is 5. The van der Waals surface area contributed by atoms with Gasteiger partial charge in [-0.2, -0.15) is 5.10 Å². The summed E-state index contributed by atoms with van der Waals surface area (Å²) in [6.07, 6.45) is -2.93. The Morgan fingerprint density at radius 1 is 1.13 bits per heavy atom. The lowest BCUT2D eigenvalue weighted by Gasteiger charge is -2.35. The van der Waals surface area contributed by atoms with Gasteiger partial charge in [0.15, 0.2) is 5.82 Å². The minimum Gasteiger partial charge on any atom is -0.371 e. The highest BCUT2D eigenvalue weighted by atomic mass is 19.3. The third-order valence-electron chi connectivity index (χ3n) is 5.62. The number of nitrogens with zero attached hydrogens (tertiary/aromatic N) is 4. The average molecular weight is 412 g/mol. The van der Waals surface area contributed by atoms with Crippen LogP contribution in [0.4, 0.5) is 18.9 Å². The van der Waals surface area contributed by atoms with E-state index in [1.807, 2.05) is 19.9 Å². The van der Waals surface area contributed by atoms with Crippen LogP contribution in [-0.2, 0) is 5.54 Å². The lowest BCUT2D eigenvalue weighted by Crippen LogP contribution is -2.36. The van der Waals surface area contributed by atoms with E-state index in [-0.39, 0.29) is 16.9 Å². The van der Waals surface area contributed by atoms with Gasteiger partial charge in [-0.1, -0.05) is 18.2 Å². The summed E-state index contributed by atoms with van der Waals surface area (Å²) in [5.74, 6) is 0.208. The van der Waals surface area contributed by atoms with Gasteiger partial charge in [-0.25, -0.2) is 13.2 Å². The van der Waals surface area contributed by atoms with Crippen LogP contribution in [0.1, 0.15) is 43.2 Å². The number of rotatable bonds is 2. The van der Waals surface area contributed by atoms with Gasteiger partial charge in [0, 0.05) is 16.5 Å². The summed E-state index contributed by atoms with van der Waals surface area (Å²) in [5, 5.41) is 19.2. The number of alkyl halides is 2. The molecule has 0 saturated carbocycles. The fraction of sp³-hybridized carbons (Fsp3) is 0.286. The number of anilines is 1. The molecule has 0 amide bonds. The second kappa shape index (κ2) is 6.07. The van der Waals surface area contributed by atoms with Crippen molar-refractivity contribution in [2.24, 2.45) is 0 Å². The minimum absolute atomic E-state index is 0.154. The standard InChI is InChI=1S/C21H19F3N6/c1-9-11-6-5-7-12(17(11)28-26-9)15-13(22)8-14-18(16(15)19(23)24)30-10(2)27-29-20(30)21(3,4)25-14/h5-8,19,25H,1-4H3,(H,26,28). The highest BCUT2D eigenvalue weighted by Gasteiger charge is 2.38. The smallest absolute Gasteiger partial charge is 0.266 e. The van der Waals surface area contributed by atoms with E-state index in [1.54, 1.807) is 30.5 Å². The molecule has 0 saturated heterocycles. The number of halogens is 3. The zero-order valence-electron chi connectivity index (χ0n) is 16.8. The number of hydrogen-bond donors (Lipinski definition) is 2. The first-order valence-electron chi connectivity index (χ1n) is 9.50. The molecule has 6 nitrogen and oxygen atoms in total. The van der Waals surface area contributed by atoms with Gasteiger partial charge < -0.3 is 5.32 Å². The van der Waals surface area contributed by atoms with Gasteiger partial charge >= 0.3 is 0 Å². The predicted octanol–water partition coefficient (Wildman–Crippen LogP) is 5.16. The van der Waals surface area contributed by atoms with Gasteiger partial charge in [-0.3, -0.25) is 9.67 Å². The normalized spacial score (nSPS) is 14.7. The molecule has 1 aliphatic heterocycles. The van der Waals surface area contributed by atoms with Crippen molar-refractivity contribution in [1.29, 1.82) is 0 Å². The zero-order chi connectivity index (χ0) is 21.4. The Labute approximate surface area is 170 Å². The summed E-state index contributed by atoms with van der Waals surface area (Å²) in [5.41, 5.74) is 0.745. The number of aromatic amines is 1. The summed E-state index contributed by atoms with van der Waals surface area (Å²) in [7, 11) is 0. The minimum atomic E-state index is -2.93. The Balaban J connectivity index is 1.92. The highest BCUT2D eigenvalue weighted by Crippen LogP contribution is 2.47. The van der Waals surface area contributed by atoms with Crippen molar-refractivity contribution in [3.05, 3.63) is 53.0 Å². The highest BCUT2D eigenvalue weighted by molar-refractivity contribution is 5.97. The number of para-hydroxylation sites is 1. The molecule has 1 aliphatic rings. The molecule has 0 bridgehead atoms. The number of fused-ring (bicyclic) bond motifs is 4. The van der Waals surface area contributed by atoms with Crippen LogP contribution < -0.4 is 5.32 Å². The van der Waals surface area contributed by atoms with Gasteiger partial charge in [0.2, 0.25) is 0 Å². The summed E-state index contributed by atoms with van der Waals surface area (Å²) in [6.45, 7) is 7.19. The van der Waals surface area contributed by atoms with Crippen LogP contribution in [0.5, 0.6) is 0 Å². The van der Waals surface area contributed by atoms with Crippen molar-refractivity contribution in [3.63, 3.8) is 0 Å². The average Bonchev–Trinajstić information content (AvgIpc) is 3.24. The molecule has 5 rings (SSSR count). The maximum atomic E-state index is 15.4. The molecule has 0 spiro atoms. The first-order chi connectivity index (χ1) is 14.2. The fourth-order valence-corrected chi connectivity index (χ4v) is 4.29. The second-order valence-electron chi connectivity index (χ2n) is 8.04. The number of aryl methyl sites for hydroxylation is 2. The maximum absolute atomic E-state index is 15.4. The molecule has 0 unspecified atom stereocenters. The van der Waals surface area contributed by atoms with Crippen LogP contribution in [-0.4, -0.2) is 25.0 Å². The van der Waals surface area contributed by atoms with E-state index in [4.69, 9.17) is 0 Å². The molecule has 3 heterocycles. The van der Waals surface area contributed by atoms with E-state index in [1.165, 1.54) is 6.07 Å². The van der Waals surface area contributed by atoms with Crippen LogP contribution in [0.25, 0.3) is 27.7 Å². The topological polar surface area (TPSA) is 71.4 Å². The van der Waals surface area contributed by atoms with Crippen LogP contribution in [0.3, 0.4) is 0 Å². The van der Waals surface area contributed by atoms with Crippen LogP contribution >= 0.6 is 0 Å². The number of hydrogen-bond acceptors (Lipinski definition) is 4. The molecule has 2 aromatic carbocycles. The Bertz CT molecular complexity index is 1320. The van der Waals surface area contributed by atoms with Crippen molar-refractivity contribution in [3.8, 4) is 16.8 Å². The number of nitrogens with one attached hydrogen (secondary N) is 2. The van der Waals surface area contributed by atoms with E-state index in [2.05, 4.69) is 25.7 Å². The Morgan fingerprint density at radius 2 is 1.90 bits per heavy atom. The largest absolute Gasteiger partial charge is 0.371 e. The second-order valence-corrected chi connectivity index (χ2v) is 8.04. The Morgan fingerprint density at radius 3 is 2.63 bits per heavy atom. The van der Waals surface area contributed by atoms with Gasteiger partial charge in [0.1, 0.15) is 11.6 Å². The third kappa shape index (κ3) is 2.41. The molecule has 30 heavy (non-hydrogen) atoms. The van der Waals surface area contributed by atoms with E-state index < -0.39 is 23.3 Å². The van der Waals surface area contributed by atoms with Gasteiger partial charge in [0.05, 0.1) is 33.7 Å². The lowest BCUT2D eigenvalue weighted by molar-refractivity contribution is 0.151. The van der Waals surface area contributed by atoms with Gasteiger partial charge in [-0.05, 0) is 33.8 Å². The number of H-pyrrole nitrogens is 1. The molecular formula is C21H19F3N6. The zero-order valence-corrected chi connectivity index (χ0v) is 16.8. The maximum Gasteiger partial charge on any atom is 0.266 e. The molecule has 154 valence electrons. The molecule has 0 fully saturated rings. The SMILES string of the molecule is Cc1n[nH]c2c(-c3c(F)cc4c(c3C(F)F)-n3c(C)nnc3C(C)(C)N4)cccc12. The monoisotopic (exact) mass is 412 g/mol. The molecular weight excluding hydrogens is 393 g/mol. The molecule has 0 atom stereocenters. The number of benzene rings is 2. The van der Waals surface area contributed by atoms with E-state index in [0.29, 0.717) is 28.4 Å². The molecule has 0 radical (unpaired) electrons.